The molecule has 0 bridgehead atoms. The average molecular weight is 290 g/mol. The number of anilines is 1. The Morgan fingerprint density at radius 2 is 1.95 bits per heavy atom. The molecule has 0 unspecified atom stereocenters. The summed E-state index contributed by atoms with van der Waals surface area (Å²) in [7, 11) is 1.66. The number of oxime groups is 1. The van der Waals surface area contributed by atoms with Gasteiger partial charge in [-0.05, 0) is 26.8 Å². The van der Waals surface area contributed by atoms with Gasteiger partial charge in [-0.2, -0.15) is 0 Å². The van der Waals surface area contributed by atoms with Crippen molar-refractivity contribution in [3.05, 3.63) is 29.8 Å². The lowest BCUT2D eigenvalue weighted by atomic mass is 10.1. The van der Waals surface area contributed by atoms with E-state index in [0.717, 1.165) is 5.69 Å². The molecular formula is C15H18N2O4. The molecule has 1 amide bonds. The van der Waals surface area contributed by atoms with Crippen LogP contribution in [0.3, 0.4) is 0 Å². The van der Waals surface area contributed by atoms with Gasteiger partial charge in [-0.1, -0.05) is 23.4 Å². The Morgan fingerprint density at radius 1 is 1.29 bits per heavy atom. The molecule has 0 atom stereocenters. The number of likely N-dealkylation sites (N-methyl/N-ethyl adjacent to an activating group) is 1. The van der Waals surface area contributed by atoms with Crippen LogP contribution in [0.25, 0.3) is 0 Å². The second-order valence-corrected chi connectivity index (χ2v) is 5.68. The van der Waals surface area contributed by atoms with E-state index < -0.39 is 11.6 Å². The van der Waals surface area contributed by atoms with Crippen LogP contribution in [0.2, 0.25) is 0 Å². The van der Waals surface area contributed by atoms with Crippen molar-refractivity contribution in [3.63, 3.8) is 0 Å². The van der Waals surface area contributed by atoms with Gasteiger partial charge in [0.25, 0.3) is 5.91 Å². The third kappa shape index (κ3) is 3.39. The van der Waals surface area contributed by atoms with Gasteiger partial charge < -0.3 is 14.5 Å². The number of hydrogen-bond acceptors (Lipinski definition) is 5. The largest absolute Gasteiger partial charge is 0.457 e. The lowest BCUT2D eigenvalue weighted by Crippen LogP contribution is -2.27. The molecule has 0 saturated carbocycles. The van der Waals surface area contributed by atoms with E-state index in [-0.39, 0.29) is 18.2 Å². The predicted octanol–water partition coefficient (Wildman–Crippen LogP) is 1.73. The molecule has 2 rings (SSSR count). The monoisotopic (exact) mass is 290 g/mol. The molecule has 6 heteroatoms. The van der Waals surface area contributed by atoms with Crippen LogP contribution < -0.4 is 4.90 Å². The minimum Gasteiger partial charge on any atom is -0.457 e. The summed E-state index contributed by atoms with van der Waals surface area (Å²) in [5, 5.41) is 3.79. The second-order valence-electron chi connectivity index (χ2n) is 5.68. The molecule has 0 radical (unpaired) electrons. The van der Waals surface area contributed by atoms with Crippen molar-refractivity contribution < 1.29 is 19.2 Å². The van der Waals surface area contributed by atoms with Crippen LogP contribution in [0.1, 0.15) is 26.3 Å². The molecule has 1 heterocycles. The molecule has 0 saturated heterocycles. The maximum absolute atomic E-state index is 12.1. The SMILES string of the molecule is CN1C(=O)/C(=N/OCC(=O)OC(C)(C)C)c2ccccc21. The summed E-state index contributed by atoms with van der Waals surface area (Å²) in [5.41, 5.74) is 1.07. The normalized spacial score (nSPS) is 16.1. The molecule has 21 heavy (non-hydrogen) atoms. The minimum atomic E-state index is -0.580. The van der Waals surface area contributed by atoms with Crippen LogP contribution >= 0.6 is 0 Å². The Kier molecular flexibility index (Phi) is 3.97. The van der Waals surface area contributed by atoms with Gasteiger partial charge >= 0.3 is 5.97 Å². The molecule has 1 aromatic rings. The zero-order chi connectivity index (χ0) is 15.6. The van der Waals surface area contributed by atoms with Crippen LogP contribution in [0.4, 0.5) is 5.69 Å². The average Bonchev–Trinajstić information content (AvgIpc) is 2.62. The number of fused-ring (bicyclic) bond motifs is 1. The number of ether oxygens (including phenoxy) is 1. The molecule has 112 valence electrons. The fourth-order valence-corrected chi connectivity index (χ4v) is 1.96. The van der Waals surface area contributed by atoms with Crippen LogP contribution in [0.5, 0.6) is 0 Å². The third-order valence-corrected chi connectivity index (χ3v) is 2.79. The van der Waals surface area contributed by atoms with Crippen molar-refractivity contribution in [2.45, 2.75) is 26.4 Å². The van der Waals surface area contributed by atoms with Crippen molar-refractivity contribution in [1.82, 2.24) is 0 Å². The van der Waals surface area contributed by atoms with Gasteiger partial charge in [0.15, 0.2) is 5.71 Å². The number of amides is 1. The van der Waals surface area contributed by atoms with E-state index in [4.69, 9.17) is 9.57 Å². The van der Waals surface area contributed by atoms with Gasteiger partial charge in [-0.25, -0.2) is 4.79 Å². The van der Waals surface area contributed by atoms with Crippen molar-refractivity contribution in [2.75, 3.05) is 18.6 Å². The number of nitrogens with zero attached hydrogens (tertiary/aromatic N) is 2. The van der Waals surface area contributed by atoms with Crippen molar-refractivity contribution in [3.8, 4) is 0 Å². The number of hydrogen-bond donors (Lipinski definition) is 0. The van der Waals surface area contributed by atoms with Crippen molar-refractivity contribution >= 4 is 23.3 Å². The molecule has 0 aliphatic carbocycles. The molecule has 1 aromatic carbocycles. The first-order chi connectivity index (χ1) is 9.79. The van der Waals surface area contributed by atoms with E-state index >= 15 is 0 Å². The zero-order valence-corrected chi connectivity index (χ0v) is 12.5. The lowest BCUT2D eigenvalue weighted by molar-refractivity contribution is -0.160. The summed E-state index contributed by atoms with van der Waals surface area (Å²) >= 11 is 0. The Hall–Kier alpha value is -2.37. The highest BCUT2D eigenvalue weighted by Gasteiger charge is 2.31. The van der Waals surface area contributed by atoms with E-state index in [9.17, 15) is 9.59 Å². The predicted molar refractivity (Wildman–Crippen MR) is 78.2 cm³/mol. The highest BCUT2D eigenvalue weighted by atomic mass is 16.7. The Labute approximate surface area is 123 Å². The van der Waals surface area contributed by atoms with E-state index in [0.29, 0.717) is 5.56 Å². The van der Waals surface area contributed by atoms with Crippen LogP contribution in [0.15, 0.2) is 29.4 Å². The van der Waals surface area contributed by atoms with Gasteiger partial charge in [-0.15, -0.1) is 0 Å². The first-order valence-corrected chi connectivity index (χ1v) is 6.59. The first kappa shape index (κ1) is 15.0. The smallest absolute Gasteiger partial charge is 0.347 e. The molecule has 0 spiro atoms. The van der Waals surface area contributed by atoms with Crippen LogP contribution in [-0.2, 0) is 19.2 Å². The molecule has 1 aliphatic rings. The third-order valence-electron chi connectivity index (χ3n) is 2.79. The Morgan fingerprint density at radius 3 is 2.62 bits per heavy atom. The Bertz CT molecular complexity index is 602. The summed E-state index contributed by atoms with van der Waals surface area (Å²) < 4.78 is 5.09. The zero-order valence-electron chi connectivity index (χ0n) is 12.5. The number of rotatable bonds is 3. The van der Waals surface area contributed by atoms with Gasteiger partial charge in [0.05, 0.1) is 5.69 Å². The molecular weight excluding hydrogens is 272 g/mol. The minimum absolute atomic E-state index is 0.191. The highest BCUT2D eigenvalue weighted by molar-refractivity contribution is 6.54. The van der Waals surface area contributed by atoms with E-state index in [2.05, 4.69) is 5.16 Å². The van der Waals surface area contributed by atoms with Gasteiger partial charge in [0.2, 0.25) is 6.61 Å². The number of para-hydroxylation sites is 1. The summed E-state index contributed by atoms with van der Waals surface area (Å²) in [6.45, 7) is 4.97. The first-order valence-electron chi connectivity index (χ1n) is 6.59. The fraction of sp³-hybridized carbons (Fsp3) is 0.400. The van der Waals surface area contributed by atoms with E-state index in [1.165, 1.54) is 4.90 Å². The second kappa shape index (κ2) is 5.55. The maximum atomic E-state index is 12.1. The topological polar surface area (TPSA) is 68.2 Å². The quantitative estimate of drug-likeness (QED) is 0.628. The number of carbonyl (C=O) groups excluding carboxylic acids is 2. The number of benzene rings is 1. The molecule has 0 N–H and O–H groups in total. The number of esters is 1. The van der Waals surface area contributed by atoms with E-state index in [1.54, 1.807) is 33.9 Å². The molecule has 1 aliphatic heterocycles. The maximum Gasteiger partial charge on any atom is 0.347 e. The summed E-state index contributed by atoms with van der Waals surface area (Å²) in [6.07, 6.45) is 0. The van der Waals surface area contributed by atoms with Crippen molar-refractivity contribution in [1.29, 1.82) is 0 Å². The summed E-state index contributed by atoms with van der Waals surface area (Å²) in [4.78, 5) is 30.0. The Balaban J connectivity index is 2.06. The lowest BCUT2D eigenvalue weighted by Gasteiger charge is -2.18. The molecule has 0 fully saturated rings. The molecule has 6 nitrogen and oxygen atoms in total. The summed E-state index contributed by atoms with van der Waals surface area (Å²) in [5.74, 6) is -0.792. The van der Waals surface area contributed by atoms with Gasteiger partial charge in [0, 0.05) is 12.6 Å². The van der Waals surface area contributed by atoms with E-state index in [1.807, 2.05) is 18.2 Å². The standard InChI is InChI=1S/C15H18N2O4/c1-15(2,3)21-12(18)9-20-16-13-10-7-5-6-8-11(10)17(4)14(13)19/h5-8H,9H2,1-4H3/b16-13+. The highest BCUT2D eigenvalue weighted by Crippen LogP contribution is 2.27. The molecule has 0 aromatic heterocycles. The van der Waals surface area contributed by atoms with Gasteiger partial charge in [-0.3, -0.25) is 4.79 Å². The van der Waals surface area contributed by atoms with Gasteiger partial charge in [0.1, 0.15) is 5.60 Å². The fourth-order valence-electron chi connectivity index (χ4n) is 1.96. The number of carbonyl (C=O) groups is 2. The van der Waals surface area contributed by atoms with Crippen molar-refractivity contribution in [2.24, 2.45) is 5.16 Å². The van der Waals surface area contributed by atoms with Crippen LogP contribution in [0, 0.1) is 0 Å². The summed E-state index contributed by atoms with van der Waals surface area (Å²) in [6, 6.07) is 7.26. The van der Waals surface area contributed by atoms with Crippen LogP contribution in [-0.4, -0.2) is 36.8 Å².